The summed E-state index contributed by atoms with van der Waals surface area (Å²) in [5.41, 5.74) is 6.20. The zero-order valence-electron chi connectivity index (χ0n) is 18.6. The van der Waals surface area contributed by atoms with Crippen LogP contribution in [0.3, 0.4) is 0 Å². The topological polar surface area (TPSA) is 21.6 Å². The van der Waals surface area contributed by atoms with Crippen molar-refractivity contribution in [3.63, 3.8) is 0 Å². The summed E-state index contributed by atoms with van der Waals surface area (Å²) in [5, 5.41) is 2.51. The van der Waals surface area contributed by atoms with Crippen LogP contribution in [0.25, 0.3) is 0 Å². The normalized spacial score (nSPS) is 11.4. The lowest BCUT2D eigenvalue weighted by atomic mass is 10.1. The van der Waals surface area contributed by atoms with Crippen LogP contribution in [0.15, 0.2) is 102 Å². The number of aryl methyl sites for hydroxylation is 1. The van der Waals surface area contributed by atoms with Crippen molar-refractivity contribution in [1.82, 2.24) is 0 Å². The molecule has 1 unspecified atom stereocenters. The number of aliphatic imine (C=N–C) groups is 1. The molecule has 0 N–H and O–H groups in total. The van der Waals surface area contributed by atoms with Gasteiger partial charge in [-0.2, -0.15) is 0 Å². The van der Waals surface area contributed by atoms with E-state index in [-0.39, 0.29) is 0 Å². The van der Waals surface area contributed by atoms with E-state index >= 15 is 0 Å². The zero-order valence-corrected chi connectivity index (χ0v) is 19.6. The molecule has 4 rings (SSSR count). The Morgan fingerprint density at radius 2 is 1.47 bits per heavy atom. The van der Waals surface area contributed by atoms with Crippen LogP contribution in [0.5, 0.6) is 5.75 Å². The summed E-state index contributed by atoms with van der Waals surface area (Å²) < 4.78 is 6.30. The summed E-state index contributed by atoms with van der Waals surface area (Å²) in [4.78, 5) is 4.27. The van der Waals surface area contributed by atoms with Crippen LogP contribution in [0.4, 0.5) is 0 Å². The fourth-order valence-corrected chi connectivity index (χ4v) is 4.94. The summed E-state index contributed by atoms with van der Waals surface area (Å²) >= 11 is 0. The van der Waals surface area contributed by atoms with E-state index in [2.05, 4.69) is 90.8 Å². The van der Waals surface area contributed by atoms with Crippen molar-refractivity contribution in [3.05, 3.63) is 125 Å². The summed E-state index contributed by atoms with van der Waals surface area (Å²) in [6.45, 7) is 2.68. The maximum absolute atomic E-state index is 6.30. The lowest BCUT2D eigenvalue weighted by molar-refractivity contribution is 0.309. The van der Waals surface area contributed by atoms with Gasteiger partial charge in [0.05, 0.1) is 0 Å². The Kier molecular flexibility index (Phi) is 7.48. The molecule has 0 saturated carbocycles. The molecule has 1 atom stereocenters. The van der Waals surface area contributed by atoms with Gasteiger partial charge in [0.15, 0.2) is 0 Å². The molecule has 0 fully saturated rings. The molecule has 0 spiro atoms. The average molecular weight is 438 g/mol. The van der Waals surface area contributed by atoms with Gasteiger partial charge in [-0.3, -0.25) is 4.99 Å². The van der Waals surface area contributed by atoms with Crippen LogP contribution in [-0.4, -0.2) is 13.3 Å². The van der Waals surface area contributed by atoms with Gasteiger partial charge in [0.1, 0.15) is 12.4 Å². The molecule has 0 aliphatic carbocycles. The second kappa shape index (κ2) is 10.9. The van der Waals surface area contributed by atoms with E-state index in [1.807, 2.05) is 31.5 Å². The lowest BCUT2D eigenvalue weighted by Gasteiger charge is -2.15. The minimum atomic E-state index is 0.489. The summed E-state index contributed by atoms with van der Waals surface area (Å²) in [7, 11) is 2.31. The highest BCUT2D eigenvalue weighted by atomic mass is 31.1. The van der Waals surface area contributed by atoms with E-state index in [9.17, 15) is 0 Å². The first-order chi connectivity index (χ1) is 15.7. The Bertz CT molecular complexity index is 1190. The second-order valence-electron chi connectivity index (χ2n) is 7.87. The van der Waals surface area contributed by atoms with Crippen molar-refractivity contribution in [2.45, 2.75) is 20.0 Å². The predicted molar refractivity (Wildman–Crippen MR) is 139 cm³/mol. The minimum absolute atomic E-state index is 0.489. The van der Waals surface area contributed by atoms with Crippen LogP contribution in [-0.2, 0) is 13.0 Å². The van der Waals surface area contributed by atoms with Crippen molar-refractivity contribution < 1.29 is 4.74 Å². The summed E-state index contributed by atoms with van der Waals surface area (Å²) in [6.07, 6.45) is 2.86. The third kappa shape index (κ3) is 5.93. The van der Waals surface area contributed by atoms with E-state index < -0.39 is 0 Å². The minimum Gasteiger partial charge on any atom is -0.488 e. The molecule has 0 aliphatic rings. The smallest absolute Gasteiger partial charge is 0.127 e. The first-order valence-electron chi connectivity index (χ1n) is 10.8. The Morgan fingerprint density at radius 1 is 0.750 bits per heavy atom. The second-order valence-corrected chi connectivity index (χ2v) is 9.20. The van der Waals surface area contributed by atoms with Gasteiger partial charge in [-0.15, -0.1) is 0 Å². The largest absolute Gasteiger partial charge is 0.488 e. The van der Waals surface area contributed by atoms with Crippen LogP contribution >= 0.6 is 8.58 Å². The monoisotopic (exact) mass is 437 g/mol. The number of hydrogen-bond donors (Lipinski definition) is 0. The van der Waals surface area contributed by atoms with E-state index in [1.165, 1.54) is 38.4 Å². The zero-order chi connectivity index (χ0) is 22.2. The fourth-order valence-electron chi connectivity index (χ4n) is 3.66. The van der Waals surface area contributed by atoms with Crippen molar-refractivity contribution in [3.8, 4) is 5.75 Å². The lowest BCUT2D eigenvalue weighted by Crippen LogP contribution is -2.13. The molecule has 4 aromatic carbocycles. The van der Waals surface area contributed by atoms with Gasteiger partial charge >= 0.3 is 0 Å². The Labute approximate surface area is 192 Å². The van der Waals surface area contributed by atoms with Crippen LogP contribution in [0, 0.1) is 6.92 Å². The molecule has 0 radical (unpaired) electrons. The summed E-state index contributed by atoms with van der Waals surface area (Å²) in [6, 6.07) is 34.1. The standard InChI is InChI=1S/C29H28NOP/c1-22-13-16-28(26(17-22)20-30-2)32-29-19-25(18-23-9-5-3-6-10-23)14-15-27(29)31-21-24-11-7-4-8-12-24/h3-17,19-20,32H,18,21H2,1-2H3. The molecular formula is C29H28NOP. The van der Waals surface area contributed by atoms with Crippen molar-refractivity contribution in [2.75, 3.05) is 7.05 Å². The molecule has 0 amide bonds. The van der Waals surface area contributed by atoms with E-state index in [1.54, 1.807) is 0 Å². The van der Waals surface area contributed by atoms with Crippen LogP contribution < -0.4 is 15.3 Å². The summed E-state index contributed by atoms with van der Waals surface area (Å²) in [5.74, 6) is 0.948. The molecule has 0 aliphatic heterocycles. The molecule has 0 saturated heterocycles. The Morgan fingerprint density at radius 3 is 2.19 bits per heavy atom. The number of nitrogens with zero attached hydrogens (tertiary/aromatic N) is 1. The third-order valence-corrected chi connectivity index (χ3v) is 6.66. The maximum atomic E-state index is 6.30. The van der Waals surface area contributed by atoms with Gasteiger partial charge in [-0.25, -0.2) is 0 Å². The highest BCUT2D eigenvalue weighted by Crippen LogP contribution is 2.24. The van der Waals surface area contributed by atoms with Crippen molar-refractivity contribution in [1.29, 1.82) is 0 Å². The molecule has 32 heavy (non-hydrogen) atoms. The number of hydrogen-bond acceptors (Lipinski definition) is 2. The highest BCUT2D eigenvalue weighted by molar-refractivity contribution is 7.56. The SMILES string of the molecule is CN=Cc1cc(C)ccc1Pc1cc(Cc2ccccc2)ccc1OCc1ccccc1. The molecular weight excluding hydrogens is 409 g/mol. The number of ether oxygens (including phenoxy) is 1. The van der Waals surface area contributed by atoms with Gasteiger partial charge in [0.2, 0.25) is 0 Å². The molecule has 2 nitrogen and oxygen atoms in total. The van der Waals surface area contributed by atoms with E-state index in [4.69, 9.17) is 4.74 Å². The molecule has 0 heterocycles. The van der Waals surface area contributed by atoms with Crippen molar-refractivity contribution >= 4 is 25.4 Å². The van der Waals surface area contributed by atoms with Crippen LogP contribution in [0.1, 0.15) is 27.8 Å². The number of benzene rings is 4. The molecule has 3 heteroatoms. The Balaban J connectivity index is 1.65. The van der Waals surface area contributed by atoms with Crippen LogP contribution in [0.2, 0.25) is 0 Å². The molecule has 4 aromatic rings. The van der Waals surface area contributed by atoms with E-state index in [0.717, 1.165) is 12.2 Å². The van der Waals surface area contributed by atoms with Gasteiger partial charge in [-0.05, 0) is 53.5 Å². The highest BCUT2D eigenvalue weighted by Gasteiger charge is 2.10. The van der Waals surface area contributed by atoms with E-state index in [0.29, 0.717) is 15.2 Å². The first kappa shape index (κ1) is 22.0. The molecule has 0 bridgehead atoms. The van der Waals surface area contributed by atoms with Crippen molar-refractivity contribution in [2.24, 2.45) is 4.99 Å². The molecule has 0 aromatic heterocycles. The quantitative estimate of drug-likeness (QED) is 0.251. The van der Waals surface area contributed by atoms with Gasteiger partial charge < -0.3 is 4.74 Å². The molecule has 160 valence electrons. The predicted octanol–water partition coefficient (Wildman–Crippen LogP) is 5.84. The van der Waals surface area contributed by atoms with Gasteiger partial charge in [-0.1, -0.05) is 93.0 Å². The third-order valence-electron chi connectivity index (χ3n) is 5.28. The number of rotatable bonds is 8. The fraction of sp³-hybridized carbons (Fsp3) is 0.138. The Hall–Kier alpha value is -3.22. The van der Waals surface area contributed by atoms with Gasteiger partial charge in [0.25, 0.3) is 0 Å². The average Bonchev–Trinajstić information content (AvgIpc) is 2.82. The first-order valence-corrected chi connectivity index (χ1v) is 11.8. The van der Waals surface area contributed by atoms with Gasteiger partial charge in [0, 0.05) is 24.1 Å². The maximum Gasteiger partial charge on any atom is 0.127 e.